The summed E-state index contributed by atoms with van der Waals surface area (Å²) in [6, 6.07) is 6.21. The first-order valence-electron chi connectivity index (χ1n) is 8.40. The van der Waals surface area contributed by atoms with Gasteiger partial charge >= 0.3 is 0 Å². The number of carbonyl (C=O) groups is 1. The van der Waals surface area contributed by atoms with Gasteiger partial charge in [0.1, 0.15) is 12.1 Å². The summed E-state index contributed by atoms with van der Waals surface area (Å²) in [6.45, 7) is 6.42. The highest BCUT2D eigenvalue weighted by molar-refractivity contribution is 7.90. The van der Waals surface area contributed by atoms with Crippen LogP contribution in [0.5, 0.6) is 0 Å². The number of anilines is 1. The lowest BCUT2D eigenvalue weighted by molar-refractivity contribution is 0.0746. The summed E-state index contributed by atoms with van der Waals surface area (Å²) < 4.78 is 23.4. The number of nitrogens with zero attached hydrogens (tertiary/aromatic N) is 4. The Bertz CT molecular complexity index is 935. The summed E-state index contributed by atoms with van der Waals surface area (Å²) >= 11 is 0. The molecule has 1 aliphatic rings. The molecule has 1 fully saturated rings. The number of sulfone groups is 1. The minimum absolute atomic E-state index is 0.147. The third-order valence-corrected chi connectivity index (χ3v) is 5.80. The lowest BCUT2D eigenvalue weighted by Crippen LogP contribution is -2.49. The van der Waals surface area contributed by atoms with Crippen molar-refractivity contribution < 1.29 is 13.2 Å². The number of hydrogen-bond donors (Lipinski definition) is 0. The summed E-state index contributed by atoms with van der Waals surface area (Å²) in [5, 5.41) is 0. The highest BCUT2D eigenvalue weighted by atomic mass is 32.2. The van der Waals surface area contributed by atoms with Crippen molar-refractivity contribution in [3.8, 4) is 0 Å². The van der Waals surface area contributed by atoms with Crippen LogP contribution in [0.3, 0.4) is 0 Å². The van der Waals surface area contributed by atoms with Crippen molar-refractivity contribution in [1.82, 2.24) is 14.9 Å². The van der Waals surface area contributed by atoms with Crippen LogP contribution in [-0.4, -0.2) is 61.6 Å². The summed E-state index contributed by atoms with van der Waals surface area (Å²) in [5.41, 5.74) is 2.40. The molecule has 26 heavy (non-hydrogen) atoms. The van der Waals surface area contributed by atoms with E-state index in [4.69, 9.17) is 0 Å². The smallest absolute Gasteiger partial charge is 0.254 e. The maximum Gasteiger partial charge on any atom is 0.254 e. The average Bonchev–Trinajstić information content (AvgIpc) is 2.63. The van der Waals surface area contributed by atoms with Crippen molar-refractivity contribution in [1.29, 1.82) is 0 Å². The normalized spacial score (nSPS) is 15.2. The lowest BCUT2D eigenvalue weighted by Gasteiger charge is -2.36. The molecule has 0 saturated carbocycles. The quantitative estimate of drug-likeness (QED) is 0.809. The molecular formula is C18H22N4O3S. The standard InChI is InChI=1S/C18H22N4O3S/c1-13-14(2)19-12-20-17(13)21-7-9-22(10-8-21)18(23)15-5-4-6-16(11-15)26(3,24)25/h4-6,11-12H,7-10H2,1-3H3. The van der Waals surface area contributed by atoms with Gasteiger partial charge in [0, 0.05) is 49.3 Å². The van der Waals surface area contributed by atoms with E-state index in [0.29, 0.717) is 31.7 Å². The van der Waals surface area contributed by atoms with E-state index in [1.165, 1.54) is 12.1 Å². The summed E-state index contributed by atoms with van der Waals surface area (Å²) in [5.74, 6) is 0.759. The van der Waals surface area contributed by atoms with Crippen molar-refractivity contribution in [2.75, 3.05) is 37.3 Å². The predicted molar refractivity (Wildman–Crippen MR) is 99.2 cm³/mol. The molecule has 8 heteroatoms. The number of benzene rings is 1. The second-order valence-electron chi connectivity index (χ2n) is 6.49. The third-order valence-electron chi connectivity index (χ3n) is 4.69. The Hall–Kier alpha value is -2.48. The van der Waals surface area contributed by atoms with Crippen molar-refractivity contribution in [3.05, 3.63) is 47.4 Å². The molecule has 0 N–H and O–H groups in total. The molecule has 1 aromatic carbocycles. The van der Waals surface area contributed by atoms with E-state index in [9.17, 15) is 13.2 Å². The molecule has 3 rings (SSSR count). The molecule has 0 aliphatic carbocycles. The van der Waals surface area contributed by atoms with Crippen molar-refractivity contribution >= 4 is 21.6 Å². The molecule has 0 atom stereocenters. The molecule has 0 unspecified atom stereocenters. The van der Waals surface area contributed by atoms with E-state index in [0.717, 1.165) is 23.3 Å². The molecule has 0 radical (unpaired) electrons. The Balaban J connectivity index is 1.72. The first-order valence-corrected chi connectivity index (χ1v) is 10.3. The fourth-order valence-electron chi connectivity index (χ4n) is 3.01. The van der Waals surface area contributed by atoms with E-state index >= 15 is 0 Å². The highest BCUT2D eigenvalue weighted by Gasteiger charge is 2.24. The first kappa shape index (κ1) is 18.3. The zero-order chi connectivity index (χ0) is 18.9. The number of piperazine rings is 1. The number of rotatable bonds is 3. The molecule has 138 valence electrons. The van der Waals surface area contributed by atoms with Gasteiger partial charge in [0.05, 0.1) is 4.90 Å². The van der Waals surface area contributed by atoms with Gasteiger partial charge in [-0.15, -0.1) is 0 Å². The van der Waals surface area contributed by atoms with Gasteiger partial charge in [0.2, 0.25) is 0 Å². The number of carbonyl (C=O) groups excluding carboxylic acids is 1. The van der Waals surface area contributed by atoms with Crippen molar-refractivity contribution in [2.24, 2.45) is 0 Å². The molecule has 2 aromatic rings. The summed E-state index contributed by atoms with van der Waals surface area (Å²) in [6.07, 6.45) is 2.70. The molecular weight excluding hydrogens is 352 g/mol. The third kappa shape index (κ3) is 3.70. The zero-order valence-electron chi connectivity index (χ0n) is 15.1. The van der Waals surface area contributed by atoms with E-state index in [1.54, 1.807) is 23.4 Å². The molecule has 0 spiro atoms. The second kappa shape index (κ2) is 7.03. The molecule has 0 bridgehead atoms. The van der Waals surface area contributed by atoms with Gasteiger partial charge in [-0.1, -0.05) is 6.07 Å². The zero-order valence-corrected chi connectivity index (χ0v) is 16.0. The Morgan fingerprint density at radius 1 is 1.08 bits per heavy atom. The van der Waals surface area contributed by atoms with Crippen LogP contribution in [0.25, 0.3) is 0 Å². The summed E-state index contributed by atoms with van der Waals surface area (Å²) in [4.78, 5) is 25.4. The maximum absolute atomic E-state index is 12.7. The largest absolute Gasteiger partial charge is 0.353 e. The van der Waals surface area contributed by atoms with Gasteiger partial charge in [-0.2, -0.15) is 0 Å². The van der Waals surface area contributed by atoms with Gasteiger partial charge in [-0.3, -0.25) is 4.79 Å². The first-order chi connectivity index (χ1) is 12.3. The van der Waals surface area contributed by atoms with Crippen LogP contribution >= 0.6 is 0 Å². The van der Waals surface area contributed by atoms with Gasteiger partial charge in [-0.25, -0.2) is 18.4 Å². The van der Waals surface area contributed by atoms with E-state index in [-0.39, 0.29) is 10.8 Å². The summed E-state index contributed by atoms with van der Waals surface area (Å²) in [7, 11) is -3.34. The Kier molecular flexibility index (Phi) is 4.95. The Morgan fingerprint density at radius 3 is 2.42 bits per heavy atom. The predicted octanol–water partition coefficient (Wildman–Crippen LogP) is 1.46. The second-order valence-corrected chi connectivity index (χ2v) is 8.50. The van der Waals surface area contributed by atoms with Crippen LogP contribution in [0, 0.1) is 13.8 Å². The van der Waals surface area contributed by atoms with Gasteiger partial charge in [0.15, 0.2) is 9.84 Å². The molecule has 1 saturated heterocycles. The van der Waals surface area contributed by atoms with E-state index < -0.39 is 9.84 Å². The Labute approximate surface area is 153 Å². The number of amides is 1. The maximum atomic E-state index is 12.7. The fourth-order valence-corrected chi connectivity index (χ4v) is 3.67. The monoisotopic (exact) mass is 374 g/mol. The van der Waals surface area contributed by atoms with E-state index in [1.807, 2.05) is 13.8 Å². The van der Waals surface area contributed by atoms with Gasteiger partial charge in [-0.05, 0) is 32.0 Å². The van der Waals surface area contributed by atoms with Crippen LogP contribution in [0.1, 0.15) is 21.6 Å². The minimum Gasteiger partial charge on any atom is -0.353 e. The minimum atomic E-state index is -3.34. The van der Waals surface area contributed by atoms with Crippen LogP contribution in [-0.2, 0) is 9.84 Å². The average molecular weight is 374 g/mol. The number of aromatic nitrogens is 2. The van der Waals surface area contributed by atoms with Gasteiger partial charge < -0.3 is 9.80 Å². The van der Waals surface area contributed by atoms with Gasteiger partial charge in [0.25, 0.3) is 5.91 Å². The topological polar surface area (TPSA) is 83.5 Å². The van der Waals surface area contributed by atoms with Crippen LogP contribution in [0.15, 0.2) is 35.5 Å². The number of aryl methyl sites for hydroxylation is 1. The molecule has 2 heterocycles. The fraction of sp³-hybridized carbons (Fsp3) is 0.389. The van der Waals surface area contributed by atoms with Crippen LogP contribution in [0.4, 0.5) is 5.82 Å². The lowest BCUT2D eigenvalue weighted by atomic mass is 10.1. The van der Waals surface area contributed by atoms with Crippen LogP contribution < -0.4 is 4.90 Å². The van der Waals surface area contributed by atoms with Crippen LogP contribution in [0.2, 0.25) is 0 Å². The SMILES string of the molecule is Cc1ncnc(N2CCN(C(=O)c3cccc(S(C)(=O)=O)c3)CC2)c1C. The number of hydrogen-bond acceptors (Lipinski definition) is 6. The molecule has 1 amide bonds. The molecule has 7 nitrogen and oxygen atoms in total. The highest BCUT2D eigenvalue weighted by Crippen LogP contribution is 2.21. The van der Waals surface area contributed by atoms with Crippen molar-refractivity contribution in [2.45, 2.75) is 18.7 Å². The van der Waals surface area contributed by atoms with Crippen molar-refractivity contribution in [3.63, 3.8) is 0 Å². The molecule has 1 aliphatic heterocycles. The Morgan fingerprint density at radius 2 is 1.77 bits per heavy atom. The molecule has 1 aromatic heterocycles. The van der Waals surface area contributed by atoms with E-state index in [2.05, 4.69) is 14.9 Å².